The SMILES string of the molecule is O=C(c1ncc[nH]1)c1ncc[nH]1.O=S(O)O. The number of aromatic amines is 2. The highest BCUT2D eigenvalue weighted by Gasteiger charge is 2.12. The van der Waals surface area contributed by atoms with E-state index in [0.29, 0.717) is 11.6 Å². The molecule has 0 aliphatic rings. The molecule has 0 aliphatic carbocycles. The molecule has 9 heteroatoms. The van der Waals surface area contributed by atoms with Crippen LogP contribution in [-0.2, 0) is 11.4 Å². The third kappa shape index (κ3) is 3.73. The van der Waals surface area contributed by atoms with E-state index in [9.17, 15) is 4.79 Å². The average molecular weight is 244 g/mol. The van der Waals surface area contributed by atoms with Crippen molar-refractivity contribution >= 4 is 17.1 Å². The number of hydrogen-bond donors (Lipinski definition) is 4. The van der Waals surface area contributed by atoms with Gasteiger partial charge < -0.3 is 9.97 Å². The minimum atomic E-state index is -2.61. The van der Waals surface area contributed by atoms with Gasteiger partial charge in [0, 0.05) is 24.8 Å². The molecule has 0 aromatic carbocycles. The lowest BCUT2D eigenvalue weighted by Crippen LogP contribution is -2.05. The second kappa shape index (κ2) is 5.90. The van der Waals surface area contributed by atoms with Crippen LogP contribution in [0.1, 0.15) is 16.4 Å². The summed E-state index contributed by atoms with van der Waals surface area (Å²) in [6, 6.07) is 0. The number of nitrogens with zero attached hydrogens (tertiary/aromatic N) is 2. The lowest BCUT2D eigenvalue weighted by molar-refractivity contribution is 0.102. The van der Waals surface area contributed by atoms with Gasteiger partial charge in [0.1, 0.15) is 0 Å². The molecule has 0 spiro atoms. The van der Waals surface area contributed by atoms with Gasteiger partial charge in [0.15, 0.2) is 11.6 Å². The van der Waals surface area contributed by atoms with Crippen molar-refractivity contribution < 1.29 is 18.1 Å². The predicted molar refractivity (Wildman–Crippen MR) is 54.0 cm³/mol. The summed E-state index contributed by atoms with van der Waals surface area (Å²) < 4.78 is 22.8. The number of nitrogens with one attached hydrogen (secondary N) is 2. The van der Waals surface area contributed by atoms with Crippen molar-refractivity contribution in [1.82, 2.24) is 19.9 Å². The molecule has 0 amide bonds. The second-order valence-corrected chi connectivity index (χ2v) is 2.90. The fraction of sp³-hybridized carbons (Fsp3) is 0. The van der Waals surface area contributed by atoms with Crippen LogP contribution < -0.4 is 0 Å². The van der Waals surface area contributed by atoms with E-state index < -0.39 is 11.4 Å². The van der Waals surface area contributed by atoms with E-state index in [0.717, 1.165) is 0 Å². The Kier molecular flexibility index (Phi) is 4.51. The number of carbonyl (C=O) groups excluding carboxylic acids is 1. The summed E-state index contributed by atoms with van der Waals surface area (Å²) >= 11 is -2.61. The van der Waals surface area contributed by atoms with Crippen molar-refractivity contribution in [2.45, 2.75) is 0 Å². The van der Waals surface area contributed by atoms with Crippen LogP contribution in [0.5, 0.6) is 0 Å². The summed E-state index contributed by atoms with van der Waals surface area (Å²) in [5.41, 5.74) is 0. The van der Waals surface area contributed by atoms with E-state index in [1.165, 1.54) is 12.4 Å². The Morgan fingerprint density at radius 3 is 1.75 bits per heavy atom. The molecule has 2 heterocycles. The van der Waals surface area contributed by atoms with Gasteiger partial charge in [-0.3, -0.25) is 13.9 Å². The molecular formula is C7H8N4O4S. The Bertz CT molecular complexity index is 412. The normalized spacial score (nSPS) is 9.69. The molecule has 0 radical (unpaired) electrons. The first-order valence-corrected chi connectivity index (χ1v) is 5.01. The van der Waals surface area contributed by atoms with Crippen molar-refractivity contribution in [2.75, 3.05) is 0 Å². The Labute approximate surface area is 92.3 Å². The summed E-state index contributed by atoms with van der Waals surface area (Å²) in [5, 5.41) is 0. The number of rotatable bonds is 2. The molecule has 0 saturated heterocycles. The summed E-state index contributed by atoms with van der Waals surface area (Å²) in [5.74, 6) is 0.361. The van der Waals surface area contributed by atoms with Crippen LogP contribution >= 0.6 is 0 Å². The zero-order chi connectivity index (χ0) is 12.0. The van der Waals surface area contributed by atoms with Crippen LogP contribution in [0, 0.1) is 0 Å². The van der Waals surface area contributed by atoms with Gasteiger partial charge in [-0.25, -0.2) is 9.97 Å². The van der Waals surface area contributed by atoms with E-state index in [1.54, 1.807) is 12.4 Å². The van der Waals surface area contributed by atoms with Crippen molar-refractivity contribution in [3.05, 3.63) is 36.4 Å². The molecule has 4 N–H and O–H groups in total. The van der Waals surface area contributed by atoms with E-state index in [2.05, 4.69) is 19.9 Å². The maximum Gasteiger partial charge on any atom is 0.299 e. The van der Waals surface area contributed by atoms with Gasteiger partial charge in [-0.2, -0.15) is 4.21 Å². The molecule has 0 fully saturated rings. The summed E-state index contributed by atoms with van der Waals surface area (Å²) in [7, 11) is 0. The number of hydrogen-bond acceptors (Lipinski definition) is 4. The molecule has 2 aromatic rings. The van der Waals surface area contributed by atoms with E-state index in [4.69, 9.17) is 13.3 Å². The summed E-state index contributed by atoms with van der Waals surface area (Å²) in [4.78, 5) is 24.4. The second-order valence-electron chi connectivity index (χ2n) is 2.44. The van der Waals surface area contributed by atoms with E-state index >= 15 is 0 Å². The third-order valence-corrected chi connectivity index (χ3v) is 1.43. The fourth-order valence-corrected chi connectivity index (χ4v) is 0.891. The highest BCUT2D eigenvalue weighted by atomic mass is 32.2. The maximum atomic E-state index is 11.4. The molecule has 2 rings (SSSR count). The molecule has 2 aromatic heterocycles. The molecule has 0 bridgehead atoms. The first-order chi connectivity index (χ1) is 7.61. The quantitative estimate of drug-likeness (QED) is 0.435. The Morgan fingerprint density at radius 1 is 1.12 bits per heavy atom. The Balaban J connectivity index is 0.000000280. The lowest BCUT2D eigenvalue weighted by atomic mass is 10.3. The van der Waals surface area contributed by atoms with Gasteiger partial charge in [0.05, 0.1) is 0 Å². The van der Waals surface area contributed by atoms with Crippen LogP contribution in [0.2, 0.25) is 0 Å². The number of ketones is 1. The number of carbonyl (C=O) groups is 1. The first-order valence-electron chi connectivity index (χ1n) is 3.94. The van der Waals surface area contributed by atoms with Gasteiger partial charge in [-0.15, -0.1) is 0 Å². The molecule has 0 unspecified atom stereocenters. The fourth-order valence-electron chi connectivity index (χ4n) is 0.891. The van der Waals surface area contributed by atoms with Crippen LogP contribution in [0.15, 0.2) is 24.8 Å². The summed E-state index contributed by atoms with van der Waals surface area (Å²) in [6.07, 6.45) is 6.23. The van der Waals surface area contributed by atoms with Gasteiger partial charge in [-0.1, -0.05) is 0 Å². The van der Waals surface area contributed by atoms with Crippen LogP contribution in [0.3, 0.4) is 0 Å². The molecular weight excluding hydrogens is 236 g/mol. The smallest absolute Gasteiger partial charge is 0.299 e. The third-order valence-electron chi connectivity index (χ3n) is 1.43. The zero-order valence-electron chi connectivity index (χ0n) is 7.82. The van der Waals surface area contributed by atoms with Crippen molar-refractivity contribution in [1.29, 1.82) is 0 Å². The highest BCUT2D eigenvalue weighted by Crippen LogP contribution is 1.98. The van der Waals surface area contributed by atoms with Gasteiger partial charge in [-0.05, 0) is 0 Å². The van der Waals surface area contributed by atoms with Crippen LogP contribution in [0.25, 0.3) is 0 Å². The molecule has 0 aliphatic heterocycles. The monoisotopic (exact) mass is 244 g/mol. The largest absolute Gasteiger partial charge is 0.342 e. The van der Waals surface area contributed by atoms with Gasteiger partial charge in [0.2, 0.25) is 0 Å². The minimum Gasteiger partial charge on any atom is -0.342 e. The van der Waals surface area contributed by atoms with Crippen molar-refractivity contribution in [3.8, 4) is 0 Å². The van der Waals surface area contributed by atoms with Gasteiger partial charge >= 0.3 is 0 Å². The molecule has 0 saturated carbocycles. The van der Waals surface area contributed by atoms with Crippen LogP contribution in [-0.4, -0.2) is 39.0 Å². The first kappa shape index (κ1) is 12.2. The van der Waals surface area contributed by atoms with E-state index in [1.807, 2.05) is 0 Å². The maximum absolute atomic E-state index is 11.4. The average Bonchev–Trinajstić information content (AvgIpc) is 2.90. The predicted octanol–water partition coefficient (Wildman–Crippen LogP) is 0.0449. The topological polar surface area (TPSA) is 132 Å². The van der Waals surface area contributed by atoms with Crippen molar-refractivity contribution in [2.24, 2.45) is 0 Å². The highest BCUT2D eigenvalue weighted by molar-refractivity contribution is 7.73. The molecule has 8 nitrogen and oxygen atoms in total. The number of aromatic nitrogens is 4. The summed E-state index contributed by atoms with van der Waals surface area (Å²) in [6.45, 7) is 0. The Hall–Kier alpha value is -1.84. The number of H-pyrrole nitrogens is 2. The van der Waals surface area contributed by atoms with E-state index in [-0.39, 0.29) is 5.78 Å². The number of imidazole rings is 2. The molecule has 0 atom stereocenters. The van der Waals surface area contributed by atoms with Gasteiger partial charge in [0.25, 0.3) is 17.1 Å². The lowest BCUT2D eigenvalue weighted by Gasteiger charge is -1.89. The van der Waals surface area contributed by atoms with Crippen molar-refractivity contribution in [3.63, 3.8) is 0 Å². The minimum absolute atomic E-state index is 0.231. The Morgan fingerprint density at radius 2 is 1.50 bits per heavy atom. The van der Waals surface area contributed by atoms with Crippen LogP contribution in [0.4, 0.5) is 0 Å². The molecule has 16 heavy (non-hydrogen) atoms. The standard InChI is InChI=1S/C7H6N4O.H2O3S/c12-5(6-8-1-2-9-6)7-10-3-4-11-7;1-4(2)3/h1-4H,(H,8,9)(H,10,11);(H2,1,2,3). The molecule has 86 valence electrons. The zero-order valence-corrected chi connectivity index (χ0v) is 8.64.